The molecule has 3 N–H and O–H groups in total. The Morgan fingerprint density at radius 1 is 0.818 bits per heavy atom. The topological polar surface area (TPSA) is 180 Å². The second kappa shape index (κ2) is 16.8. The summed E-state index contributed by atoms with van der Waals surface area (Å²) in [6, 6.07) is 26.5. The highest BCUT2D eigenvalue weighted by Crippen LogP contribution is 2.76. The molecule has 13 nitrogen and oxygen atoms in total. The molecule has 16 atom stereocenters. The molecule has 0 aromatic heterocycles. The van der Waals surface area contributed by atoms with Gasteiger partial charge in [0.2, 0.25) is 0 Å². The second-order valence-electron chi connectivity index (χ2n) is 19.9. The van der Waals surface area contributed by atoms with Gasteiger partial charge >= 0.3 is 23.9 Å². The molecular formula is C53H60O13. The Labute approximate surface area is 385 Å². The average Bonchev–Trinajstić information content (AvgIpc) is 3.96. The van der Waals surface area contributed by atoms with Gasteiger partial charge in [0.05, 0.1) is 29.9 Å². The third kappa shape index (κ3) is 6.78. The summed E-state index contributed by atoms with van der Waals surface area (Å²) in [5, 5.41) is 38.6. The summed E-state index contributed by atoms with van der Waals surface area (Å²) in [7, 11) is 0. The minimum atomic E-state index is -2.34. The summed E-state index contributed by atoms with van der Waals surface area (Å²) >= 11 is 0. The maximum atomic E-state index is 14.2. The van der Waals surface area contributed by atoms with Crippen LogP contribution in [0, 0.1) is 35.5 Å². The van der Waals surface area contributed by atoms with E-state index in [1.807, 2.05) is 44.2 Å². The number of carbonyl (C=O) groups is 3. The first kappa shape index (κ1) is 45.1. The number of aliphatic hydroxyl groups is 3. The Balaban J connectivity index is 1.18. The van der Waals surface area contributed by atoms with E-state index >= 15 is 0 Å². The van der Waals surface area contributed by atoms with Crippen LogP contribution < -0.4 is 0 Å². The molecule has 66 heavy (non-hydrogen) atoms. The van der Waals surface area contributed by atoms with Crippen molar-refractivity contribution in [3.05, 3.63) is 126 Å². The monoisotopic (exact) mass is 904 g/mol. The van der Waals surface area contributed by atoms with Gasteiger partial charge in [0.15, 0.2) is 6.10 Å². The predicted octanol–water partition coefficient (Wildman–Crippen LogP) is 6.59. The van der Waals surface area contributed by atoms with Crippen molar-refractivity contribution in [1.29, 1.82) is 0 Å². The highest BCUT2D eigenvalue weighted by molar-refractivity contribution is 5.90. The Hall–Kier alpha value is -4.73. The molecule has 3 aromatic carbocycles. The molecule has 0 amide bonds. The maximum absolute atomic E-state index is 14.2. The third-order valence-corrected chi connectivity index (χ3v) is 16.4. The summed E-state index contributed by atoms with van der Waals surface area (Å²) in [6.07, 6.45) is 1.02. The van der Waals surface area contributed by atoms with Crippen LogP contribution in [0.5, 0.6) is 0 Å². The maximum Gasteiger partial charge on any atom is 0.338 e. The number of epoxide rings is 1. The number of rotatable bonds is 10. The van der Waals surface area contributed by atoms with Crippen LogP contribution >= 0.6 is 0 Å². The van der Waals surface area contributed by atoms with E-state index in [4.69, 9.17) is 33.2 Å². The lowest BCUT2D eigenvalue weighted by atomic mass is 9.51. The van der Waals surface area contributed by atoms with Crippen LogP contribution in [-0.4, -0.2) is 105 Å². The molecule has 350 valence electrons. The van der Waals surface area contributed by atoms with Gasteiger partial charge in [-0.1, -0.05) is 113 Å². The smallest absolute Gasteiger partial charge is 0.338 e. The van der Waals surface area contributed by atoms with Crippen LogP contribution in [0.3, 0.4) is 0 Å². The standard InChI is InChI=1S/C53H60O13/c1-31(2)49-28-37(29-60-46(56)35-21-13-8-14-22-35)52-41-44(49)64-53(65-49,66-52)38(61-39(55)27-26-34-19-11-7-12-20-34)25-17-6-5-10-18-32(3)40-33(4)43(62-47(57)36-23-15-9-16-24-36)51(59,42(40)52)48(58)50(30-54)45(41)63-50/h7-9,11-16,19-24,26-27,32-33,37-38,40-45,48,54,58-59H,1,5-6,10,17-18,25,28-30H2,2-4H3/b27-26+/t32-,33+,37+,38-,40+,41-,42-,43+,44-,45+,48-,49-,50+,51-,52-,53?/m1/s1. The molecule has 3 bridgehead atoms. The Morgan fingerprint density at radius 3 is 2.11 bits per heavy atom. The summed E-state index contributed by atoms with van der Waals surface area (Å²) in [6.45, 7) is 9.42. The number of hydrogen-bond donors (Lipinski definition) is 3. The molecule has 4 heterocycles. The van der Waals surface area contributed by atoms with E-state index in [2.05, 4.69) is 13.5 Å². The molecular weight excluding hydrogens is 845 g/mol. The van der Waals surface area contributed by atoms with Crippen molar-refractivity contribution in [1.82, 2.24) is 0 Å². The fourth-order valence-corrected chi connectivity index (χ4v) is 13.4. The van der Waals surface area contributed by atoms with Crippen molar-refractivity contribution in [2.24, 2.45) is 35.5 Å². The summed E-state index contributed by atoms with van der Waals surface area (Å²) in [5.74, 6) is -8.09. The number of hydrogen-bond acceptors (Lipinski definition) is 13. The largest absolute Gasteiger partial charge is 0.462 e. The van der Waals surface area contributed by atoms with Gasteiger partial charge in [-0.05, 0) is 85.4 Å². The van der Waals surface area contributed by atoms with Gasteiger partial charge in [-0.25, -0.2) is 14.4 Å². The predicted molar refractivity (Wildman–Crippen MR) is 238 cm³/mol. The molecule has 4 aliphatic heterocycles. The zero-order valence-corrected chi connectivity index (χ0v) is 37.7. The van der Waals surface area contributed by atoms with Gasteiger partial charge in [0.1, 0.15) is 41.2 Å². The Kier molecular flexibility index (Phi) is 11.5. The SMILES string of the molecule is C=C(C)[C@]12C[C@@H](COC(=O)c3ccccc3)[C@@]34OC5(O[C@@H]1[C@@H]3[C@@H]1O[C@]1(CO)[C@@H](O)[C@@]1(O)[C@H]4[C@H]([C@H](C)[C@@H]1OC(=O)c1ccccc1)[C@H](C)CCCCCC[C@H]5OC(=O)/C=C/c1ccccc1)O2. The average molecular weight is 905 g/mol. The summed E-state index contributed by atoms with van der Waals surface area (Å²) < 4.78 is 48.0. The lowest BCUT2D eigenvalue weighted by Crippen LogP contribution is -2.75. The summed E-state index contributed by atoms with van der Waals surface area (Å²) in [4.78, 5) is 42.2. The lowest BCUT2D eigenvalue weighted by molar-refractivity contribution is -0.459. The van der Waals surface area contributed by atoms with Crippen molar-refractivity contribution in [3.8, 4) is 0 Å². The lowest BCUT2D eigenvalue weighted by Gasteiger charge is -2.62. The molecule has 3 aliphatic carbocycles. The minimum Gasteiger partial charge on any atom is -0.462 e. The quantitative estimate of drug-likeness (QED) is 0.0653. The van der Waals surface area contributed by atoms with Crippen molar-refractivity contribution in [2.75, 3.05) is 13.2 Å². The molecule has 13 heteroatoms. The number of esters is 3. The highest BCUT2D eigenvalue weighted by atomic mass is 16.9. The van der Waals surface area contributed by atoms with E-state index in [0.717, 1.165) is 31.2 Å². The number of benzene rings is 3. The van der Waals surface area contributed by atoms with Crippen molar-refractivity contribution < 1.29 is 62.9 Å². The molecule has 10 rings (SSSR count). The van der Waals surface area contributed by atoms with Crippen LogP contribution in [0.15, 0.2) is 109 Å². The first-order valence-electron chi connectivity index (χ1n) is 23.6. The molecule has 0 radical (unpaired) electrons. The fourth-order valence-electron chi connectivity index (χ4n) is 13.4. The highest BCUT2D eigenvalue weighted by Gasteiger charge is 2.91. The summed E-state index contributed by atoms with van der Waals surface area (Å²) in [5.41, 5.74) is -5.18. The van der Waals surface area contributed by atoms with Crippen LogP contribution in [0.25, 0.3) is 6.08 Å². The van der Waals surface area contributed by atoms with Gasteiger partial charge in [0, 0.05) is 23.8 Å². The fraction of sp³-hybridized carbons (Fsp3) is 0.528. The van der Waals surface area contributed by atoms with Gasteiger partial charge < -0.3 is 48.5 Å². The third-order valence-electron chi connectivity index (χ3n) is 16.4. The zero-order valence-electron chi connectivity index (χ0n) is 37.7. The van der Waals surface area contributed by atoms with Gasteiger partial charge in [-0.15, -0.1) is 0 Å². The molecule has 4 saturated heterocycles. The van der Waals surface area contributed by atoms with E-state index in [9.17, 15) is 29.7 Å². The second-order valence-corrected chi connectivity index (χ2v) is 19.9. The molecule has 3 aromatic rings. The molecule has 3 saturated carbocycles. The minimum absolute atomic E-state index is 0.118. The number of ether oxygens (including phenoxy) is 7. The van der Waals surface area contributed by atoms with Crippen molar-refractivity contribution in [2.45, 2.75) is 125 Å². The molecule has 1 unspecified atom stereocenters. The van der Waals surface area contributed by atoms with Gasteiger partial charge in [0.25, 0.3) is 0 Å². The van der Waals surface area contributed by atoms with E-state index < -0.39 is 113 Å². The van der Waals surface area contributed by atoms with Gasteiger partial charge in [-0.3, -0.25) is 0 Å². The first-order chi connectivity index (χ1) is 31.8. The van der Waals surface area contributed by atoms with Crippen LogP contribution in [0.4, 0.5) is 0 Å². The van der Waals surface area contributed by atoms with Crippen LogP contribution in [0.1, 0.15) is 92.0 Å². The molecule has 2 spiro atoms. The molecule has 7 fully saturated rings. The Bertz CT molecular complexity index is 2360. The molecule has 7 aliphatic rings. The van der Waals surface area contributed by atoms with Crippen LogP contribution in [-0.2, 0) is 38.0 Å². The Morgan fingerprint density at radius 2 is 1.45 bits per heavy atom. The van der Waals surface area contributed by atoms with E-state index in [1.165, 1.54) is 6.08 Å². The number of carbonyl (C=O) groups excluding carboxylic acids is 3. The normalized spacial score (nSPS) is 41.9. The zero-order chi connectivity index (χ0) is 46.2. The number of fused-ring (bicyclic) bond motifs is 1. The van der Waals surface area contributed by atoms with Crippen molar-refractivity contribution >= 4 is 24.0 Å². The van der Waals surface area contributed by atoms with Gasteiger partial charge in [-0.2, -0.15) is 0 Å². The first-order valence-corrected chi connectivity index (χ1v) is 23.6. The number of aliphatic hydroxyl groups excluding tert-OH is 2. The van der Waals surface area contributed by atoms with Crippen LogP contribution in [0.2, 0.25) is 0 Å². The van der Waals surface area contributed by atoms with E-state index in [0.29, 0.717) is 17.6 Å². The van der Waals surface area contributed by atoms with Crippen molar-refractivity contribution in [3.63, 3.8) is 0 Å². The van der Waals surface area contributed by atoms with E-state index in [-0.39, 0.29) is 30.9 Å². The van der Waals surface area contributed by atoms with E-state index in [1.54, 1.807) is 66.7 Å².